The number of hydrogen-bond donors (Lipinski definition) is 0. The number of benzene rings is 8. The summed E-state index contributed by atoms with van der Waals surface area (Å²) < 4.78 is 0. The number of nitrogens with zero attached hydrogens (tertiary/aromatic N) is 2. The zero-order valence-electron chi connectivity index (χ0n) is 36.5. The Morgan fingerprint density at radius 2 is 1.03 bits per heavy atom. The molecule has 0 saturated heterocycles. The molecule has 7 aliphatic rings. The lowest BCUT2D eigenvalue weighted by Crippen LogP contribution is -2.55. The molecule has 64 heavy (non-hydrogen) atoms. The fourth-order valence-electron chi connectivity index (χ4n) is 14.4. The molecule has 4 saturated carbocycles. The zero-order valence-corrected chi connectivity index (χ0v) is 37.3. The molecule has 0 amide bonds. The first kappa shape index (κ1) is 37.1. The van der Waals surface area contributed by atoms with Crippen LogP contribution in [-0.2, 0) is 10.8 Å². The van der Waals surface area contributed by atoms with Gasteiger partial charge in [-0.25, -0.2) is 0 Å². The van der Waals surface area contributed by atoms with E-state index < -0.39 is 0 Å². The molecule has 0 unspecified atom stereocenters. The minimum Gasteiger partial charge on any atom is -0.309 e. The molecule has 0 radical (unpaired) electrons. The van der Waals surface area contributed by atoms with Crippen molar-refractivity contribution in [1.82, 2.24) is 0 Å². The molecule has 4 bridgehead atoms. The Labute approximate surface area is 381 Å². The molecule has 4 fully saturated rings. The summed E-state index contributed by atoms with van der Waals surface area (Å²) in [6.45, 7) is 4.80. The molecule has 2 nitrogen and oxygen atoms in total. The maximum atomic E-state index is 2.61. The van der Waals surface area contributed by atoms with Gasteiger partial charge >= 0.3 is 0 Å². The van der Waals surface area contributed by atoms with Crippen LogP contribution in [0.4, 0.5) is 34.1 Å². The molecule has 15 rings (SSSR count). The zero-order chi connectivity index (χ0) is 42.3. The first-order valence-corrected chi connectivity index (χ1v) is 24.4. The van der Waals surface area contributed by atoms with E-state index in [4.69, 9.17) is 0 Å². The summed E-state index contributed by atoms with van der Waals surface area (Å²) in [5.41, 5.74) is 21.3. The van der Waals surface area contributed by atoms with Gasteiger partial charge in [0.15, 0.2) is 0 Å². The van der Waals surface area contributed by atoms with Crippen molar-refractivity contribution in [3.63, 3.8) is 0 Å². The molecule has 3 heteroatoms. The van der Waals surface area contributed by atoms with Crippen LogP contribution >= 0.6 is 11.8 Å². The van der Waals surface area contributed by atoms with Crippen LogP contribution in [0.3, 0.4) is 0 Å². The summed E-state index contributed by atoms with van der Waals surface area (Å²) in [5, 5.41) is 0. The molecular formula is C61H50N2S. The Bertz CT molecular complexity index is 3190. The summed E-state index contributed by atoms with van der Waals surface area (Å²) in [6, 6.07) is 69.3. The van der Waals surface area contributed by atoms with Crippen LogP contribution < -0.4 is 9.80 Å². The topological polar surface area (TPSA) is 6.48 Å². The molecule has 0 atom stereocenters. The second-order valence-electron chi connectivity index (χ2n) is 20.1. The molecular weight excluding hydrogens is 793 g/mol. The predicted molar refractivity (Wildman–Crippen MR) is 266 cm³/mol. The second kappa shape index (κ2) is 13.6. The van der Waals surface area contributed by atoms with Crippen molar-refractivity contribution in [3.05, 3.63) is 204 Å². The standard InChI is InChI=1S/C61H50N2S/c1-60(2)48-22-9-6-19-46(48)59-50(60)24-15-28-55(59)63(43-30-31-54-57(37-43)64-56-29-13-12-27-53(56)62(54)42-16-4-3-5-17-42)52-26-11-8-18-44(52)45-21-14-25-51-58(45)47-20-7-10-23-49(47)61(51)40-33-38-32-39(35-40)36-41(61)34-38/h3-31,37-41H,32-36H2,1-2H3. The van der Waals surface area contributed by atoms with E-state index >= 15 is 0 Å². The Kier molecular flexibility index (Phi) is 7.90. The van der Waals surface area contributed by atoms with Gasteiger partial charge in [-0.3, -0.25) is 0 Å². The van der Waals surface area contributed by atoms with Gasteiger partial charge in [0.25, 0.3) is 0 Å². The average molecular weight is 843 g/mol. The smallest absolute Gasteiger partial charge is 0.0603 e. The van der Waals surface area contributed by atoms with Crippen LogP contribution in [0.15, 0.2) is 192 Å². The lowest BCUT2D eigenvalue weighted by Gasteiger charge is -2.61. The average Bonchev–Trinajstić information content (AvgIpc) is 3.76. The molecule has 0 N–H and O–H groups in total. The third-order valence-corrected chi connectivity index (χ3v) is 17.7. The SMILES string of the molecule is CC1(C)c2ccccc2-c2c(N(c3ccc4c(c3)Sc3ccccc3N4c3ccccc3)c3ccccc3-c3cccc4c3-c3ccccc3C43C4CC5CC(C4)CC3C5)cccc21. The van der Waals surface area contributed by atoms with E-state index in [0.717, 1.165) is 29.4 Å². The highest BCUT2D eigenvalue weighted by molar-refractivity contribution is 7.99. The monoisotopic (exact) mass is 842 g/mol. The van der Waals surface area contributed by atoms with Gasteiger partial charge < -0.3 is 9.80 Å². The highest BCUT2D eigenvalue weighted by Gasteiger charge is 2.61. The van der Waals surface area contributed by atoms with Crippen LogP contribution in [0.25, 0.3) is 33.4 Å². The summed E-state index contributed by atoms with van der Waals surface area (Å²) >= 11 is 1.88. The van der Waals surface area contributed by atoms with Crippen molar-refractivity contribution in [2.24, 2.45) is 23.7 Å². The molecule has 1 spiro atoms. The van der Waals surface area contributed by atoms with E-state index in [2.05, 4.69) is 206 Å². The lowest BCUT2D eigenvalue weighted by atomic mass is 9.43. The quantitative estimate of drug-likeness (QED) is 0.170. The Morgan fingerprint density at radius 1 is 0.453 bits per heavy atom. The van der Waals surface area contributed by atoms with E-state index in [-0.39, 0.29) is 10.8 Å². The largest absolute Gasteiger partial charge is 0.309 e. The number of rotatable bonds is 5. The van der Waals surface area contributed by atoms with Crippen LogP contribution in [-0.4, -0.2) is 0 Å². The molecule has 8 aromatic rings. The lowest BCUT2D eigenvalue weighted by molar-refractivity contribution is -0.0399. The highest BCUT2D eigenvalue weighted by Crippen LogP contribution is 2.70. The van der Waals surface area contributed by atoms with Crippen molar-refractivity contribution >= 4 is 45.9 Å². The fraction of sp³-hybridized carbons (Fsp3) is 0.213. The van der Waals surface area contributed by atoms with Gasteiger partial charge in [-0.2, -0.15) is 0 Å². The van der Waals surface area contributed by atoms with Crippen molar-refractivity contribution in [2.75, 3.05) is 9.80 Å². The van der Waals surface area contributed by atoms with Crippen molar-refractivity contribution < 1.29 is 0 Å². The molecule has 6 aliphatic carbocycles. The summed E-state index contributed by atoms with van der Waals surface area (Å²) in [6.07, 6.45) is 7.00. The minimum absolute atomic E-state index is 0.107. The van der Waals surface area contributed by atoms with Crippen LogP contribution in [0.5, 0.6) is 0 Å². The minimum atomic E-state index is -0.129. The van der Waals surface area contributed by atoms with E-state index in [9.17, 15) is 0 Å². The van der Waals surface area contributed by atoms with Crippen LogP contribution in [0.2, 0.25) is 0 Å². The summed E-state index contributed by atoms with van der Waals surface area (Å²) in [5.74, 6) is 3.26. The first-order valence-electron chi connectivity index (χ1n) is 23.6. The maximum Gasteiger partial charge on any atom is 0.0603 e. The number of anilines is 6. The molecule has 8 aromatic carbocycles. The molecule has 1 aliphatic heterocycles. The van der Waals surface area contributed by atoms with Gasteiger partial charge in [-0.05, 0) is 155 Å². The Hall–Kier alpha value is -6.29. The maximum absolute atomic E-state index is 2.61. The van der Waals surface area contributed by atoms with Crippen molar-refractivity contribution in [3.8, 4) is 33.4 Å². The second-order valence-corrected chi connectivity index (χ2v) is 21.1. The summed E-state index contributed by atoms with van der Waals surface area (Å²) in [7, 11) is 0. The van der Waals surface area contributed by atoms with Crippen molar-refractivity contribution in [1.29, 1.82) is 0 Å². The summed E-state index contributed by atoms with van der Waals surface area (Å²) in [4.78, 5) is 7.55. The normalized spacial score (nSPS) is 23.2. The van der Waals surface area contributed by atoms with Gasteiger partial charge in [0.05, 0.1) is 22.7 Å². The predicted octanol–water partition coefficient (Wildman–Crippen LogP) is 16.8. The number of para-hydroxylation sites is 3. The fourth-order valence-corrected chi connectivity index (χ4v) is 15.5. The Morgan fingerprint density at radius 3 is 1.83 bits per heavy atom. The molecule has 1 heterocycles. The van der Waals surface area contributed by atoms with E-state index in [1.165, 1.54) is 115 Å². The van der Waals surface area contributed by atoms with Gasteiger partial charge in [0.2, 0.25) is 0 Å². The van der Waals surface area contributed by atoms with Crippen LogP contribution in [0, 0.1) is 23.7 Å². The first-order chi connectivity index (χ1) is 31.5. The number of fused-ring (bicyclic) bond motifs is 8. The van der Waals surface area contributed by atoms with E-state index in [0.29, 0.717) is 0 Å². The number of hydrogen-bond acceptors (Lipinski definition) is 3. The molecule has 310 valence electrons. The highest BCUT2D eigenvalue weighted by atomic mass is 32.2. The third kappa shape index (κ3) is 5.00. The van der Waals surface area contributed by atoms with Gasteiger partial charge in [0, 0.05) is 43.1 Å². The van der Waals surface area contributed by atoms with E-state index in [1.807, 2.05) is 11.8 Å². The van der Waals surface area contributed by atoms with E-state index in [1.54, 1.807) is 11.1 Å². The Balaban J connectivity index is 1.01. The molecule has 0 aromatic heterocycles. The third-order valence-electron chi connectivity index (χ3n) is 16.6. The van der Waals surface area contributed by atoms with Crippen molar-refractivity contribution in [2.45, 2.75) is 66.6 Å². The van der Waals surface area contributed by atoms with Gasteiger partial charge in [0.1, 0.15) is 0 Å². The van der Waals surface area contributed by atoms with Crippen LogP contribution in [0.1, 0.15) is 68.2 Å². The van der Waals surface area contributed by atoms with Gasteiger partial charge in [-0.15, -0.1) is 0 Å². The van der Waals surface area contributed by atoms with Gasteiger partial charge in [-0.1, -0.05) is 153 Å².